The quantitative estimate of drug-likeness (QED) is 0.762. The number of aromatic nitrogens is 3. The molecule has 0 amide bonds. The lowest BCUT2D eigenvalue weighted by Gasteiger charge is -2.35. The Morgan fingerprint density at radius 2 is 1.75 bits per heavy atom. The minimum Gasteiger partial charge on any atom is -0.302 e. The zero-order valence-electron chi connectivity index (χ0n) is 16.3. The minimum absolute atomic E-state index is 0.269. The number of hydrogen-bond acceptors (Lipinski definition) is 4. The molecule has 0 radical (unpaired) electrons. The van der Waals surface area contributed by atoms with Crippen molar-refractivity contribution in [3.05, 3.63) is 62.4 Å². The molecule has 2 aliphatic heterocycles. The highest BCUT2D eigenvalue weighted by Crippen LogP contribution is 2.38. The Morgan fingerprint density at radius 3 is 2.54 bits per heavy atom. The van der Waals surface area contributed by atoms with Crippen LogP contribution in [0.15, 0.2) is 39.9 Å². The van der Waals surface area contributed by atoms with Crippen LogP contribution in [-0.4, -0.2) is 38.9 Å². The van der Waals surface area contributed by atoms with Crippen LogP contribution in [-0.2, 0) is 13.1 Å². The van der Waals surface area contributed by atoms with Gasteiger partial charge in [-0.3, -0.25) is 14.2 Å². The van der Waals surface area contributed by atoms with Crippen LogP contribution in [0.4, 0.5) is 0 Å². The molecule has 6 nitrogen and oxygen atoms in total. The van der Waals surface area contributed by atoms with Crippen molar-refractivity contribution in [2.24, 2.45) is 11.8 Å². The summed E-state index contributed by atoms with van der Waals surface area (Å²) in [6.45, 7) is 4.26. The summed E-state index contributed by atoms with van der Waals surface area (Å²) in [4.78, 5) is 27.9. The first-order valence-electron chi connectivity index (χ1n) is 10.7. The van der Waals surface area contributed by atoms with E-state index < -0.39 is 11.1 Å². The predicted molar refractivity (Wildman–Crippen MR) is 108 cm³/mol. The molecule has 1 aliphatic carbocycles. The Balaban J connectivity index is 1.42. The van der Waals surface area contributed by atoms with E-state index in [-0.39, 0.29) is 5.92 Å². The molecule has 0 N–H and O–H groups in total. The molecule has 5 rings (SSSR count). The maximum atomic E-state index is 12.8. The summed E-state index contributed by atoms with van der Waals surface area (Å²) in [6.07, 6.45) is 6.55. The minimum atomic E-state index is -0.505. The molecule has 3 heterocycles. The SMILES string of the molecule is O=c1c(=O)n2c(nn1Cc1ccccc1)[C@H]1CN(CC3CCCC3)CC[C@H]1C2. The topological polar surface area (TPSA) is 60.1 Å². The highest BCUT2D eigenvalue weighted by molar-refractivity contribution is 5.15. The number of hydrogen-bond donors (Lipinski definition) is 0. The van der Waals surface area contributed by atoms with Crippen molar-refractivity contribution in [1.82, 2.24) is 19.2 Å². The van der Waals surface area contributed by atoms with Gasteiger partial charge in [-0.05, 0) is 43.2 Å². The number of nitrogens with zero attached hydrogens (tertiary/aromatic N) is 4. The third-order valence-corrected chi connectivity index (χ3v) is 6.92. The Morgan fingerprint density at radius 1 is 0.964 bits per heavy atom. The van der Waals surface area contributed by atoms with Gasteiger partial charge in [-0.1, -0.05) is 43.2 Å². The van der Waals surface area contributed by atoms with Crippen LogP contribution in [0, 0.1) is 11.8 Å². The lowest BCUT2D eigenvalue weighted by molar-refractivity contribution is 0.144. The molecule has 6 heteroatoms. The molecular formula is C22H28N4O2. The van der Waals surface area contributed by atoms with Gasteiger partial charge in [-0.25, -0.2) is 4.68 Å². The van der Waals surface area contributed by atoms with Gasteiger partial charge in [-0.2, -0.15) is 5.10 Å². The van der Waals surface area contributed by atoms with E-state index in [0.717, 1.165) is 36.8 Å². The summed E-state index contributed by atoms with van der Waals surface area (Å²) >= 11 is 0. The summed E-state index contributed by atoms with van der Waals surface area (Å²) in [5.41, 5.74) is 0.0780. The second-order valence-corrected chi connectivity index (χ2v) is 8.79. The van der Waals surface area contributed by atoms with Crippen molar-refractivity contribution in [2.45, 2.75) is 51.1 Å². The third kappa shape index (κ3) is 3.24. The standard InChI is InChI=1S/C22H28N4O2/c27-21-22(28)26(13-17-6-2-1-3-7-17)23-20-19-15-24(12-16-8-4-5-9-16)11-10-18(19)14-25(20)21/h1-3,6-7,16,18-19H,4-5,8-15H2/t18-,19-/m0/s1. The molecule has 1 aromatic heterocycles. The maximum absolute atomic E-state index is 12.8. The van der Waals surface area contributed by atoms with Crippen LogP contribution in [0.3, 0.4) is 0 Å². The first kappa shape index (κ1) is 17.9. The van der Waals surface area contributed by atoms with Crippen molar-refractivity contribution in [1.29, 1.82) is 0 Å². The van der Waals surface area contributed by atoms with Gasteiger partial charge in [0.05, 0.1) is 6.54 Å². The molecule has 1 aromatic carbocycles. The van der Waals surface area contributed by atoms with Gasteiger partial charge in [-0.15, -0.1) is 0 Å². The van der Waals surface area contributed by atoms with Crippen LogP contribution in [0.5, 0.6) is 0 Å². The zero-order valence-corrected chi connectivity index (χ0v) is 16.3. The van der Waals surface area contributed by atoms with E-state index >= 15 is 0 Å². The lowest BCUT2D eigenvalue weighted by atomic mass is 9.87. The van der Waals surface area contributed by atoms with E-state index in [1.54, 1.807) is 4.57 Å². The third-order valence-electron chi connectivity index (χ3n) is 6.92. The average molecular weight is 380 g/mol. The van der Waals surface area contributed by atoms with Crippen molar-refractivity contribution < 1.29 is 0 Å². The Bertz CT molecular complexity index is 959. The van der Waals surface area contributed by atoms with Crippen molar-refractivity contribution >= 4 is 0 Å². The number of rotatable bonds is 4. The van der Waals surface area contributed by atoms with Crippen molar-refractivity contribution in [3.8, 4) is 0 Å². The monoisotopic (exact) mass is 380 g/mol. The fourth-order valence-corrected chi connectivity index (χ4v) is 5.40. The predicted octanol–water partition coefficient (Wildman–Crippen LogP) is 2.06. The Kier molecular flexibility index (Phi) is 4.67. The lowest BCUT2D eigenvalue weighted by Crippen LogP contribution is -2.44. The van der Waals surface area contributed by atoms with Crippen LogP contribution in [0.1, 0.15) is 49.4 Å². The van der Waals surface area contributed by atoms with Gasteiger partial charge < -0.3 is 4.90 Å². The molecule has 1 saturated heterocycles. The highest BCUT2D eigenvalue weighted by atomic mass is 16.2. The van der Waals surface area contributed by atoms with E-state index in [9.17, 15) is 9.59 Å². The van der Waals surface area contributed by atoms with Crippen LogP contribution in [0.2, 0.25) is 0 Å². The summed E-state index contributed by atoms with van der Waals surface area (Å²) < 4.78 is 3.04. The molecule has 2 aromatic rings. The van der Waals surface area contributed by atoms with E-state index in [0.29, 0.717) is 19.0 Å². The maximum Gasteiger partial charge on any atom is 0.332 e. The fraction of sp³-hybridized carbons (Fsp3) is 0.591. The summed E-state index contributed by atoms with van der Waals surface area (Å²) in [6, 6.07) is 9.76. The molecule has 0 unspecified atom stereocenters. The normalized spacial score (nSPS) is 25.0. The van der Waals surface area contributed by atoms with Gasteiger partial charge in [0.25, 0.3) is 0 Å². The molecule has 28 heavy (non-hydrogen) atoms. The van der Waals surface area contributed by atoms with Gasteiger partial charge in [0.2, 0.25) is 0 Å². The molecule has 148 valence electrons. The first-order chi connectivity index (χ1) is 13.7. The highest BCUT2D eigenvalue weighted by Gasteiger charge is 2.40. The molecule has 0 bridgehead atoms. The number of piperidine rings is 1. The van der Waals surface area contributed by atoms with Crippen molar-refractivity contribution in [3.63, 3.8) is 0 Å². The van der Waals surface area contributed by atoms with E-state index in [2.05, 4.69) is 4.90 Å². The Hall–Kier alpha value is -2.21. The summed E-state index contributed by atoms with van der Waals surface area (Å²) in [5, 5.41) is 4.70. The fourth-order valence-electron chi connectivity index (χ4n) is 5.40. The second-order valence-electron chi connectivity index (χ2n) is 8.79. The number of likely N-dealkylation sites (tertiary alicyclic amines) is 1. The van der Waals surface area contributed by atoms with Gasteiger partial charge in [0.15, 0.2) is 0 Å². The van der Waals surface area contributed by atoms with Crippen molar-refractivity contribution in [2.75, 3.05) is 19.6 Å². The summed E-state index contributed by atoms with van der Waals surface area (Å²) in [5.74, 6) is 2.36. The zero-order chi connectivity index (χ0) is 19.1. The molecule has 2 atom stereocenters. The van der Waals surface area contributed by atoms with Gasteiger partial charge in [0, 0.05) is 25.6 Å². The van der Waals surface area contributed by atoms with Crippen LogP contribution >= 0.6 is 0 Å². The van der Waals surface area contributed by atoms with E-state index in [1.165, 1.54) is 36.9 Å². The number of fused-ring (bicyclic) bond motifs is 3. The molecular weight excluding hydrogens is 352 g/mol. The summed E-state index contributed by atoms with van der Waals surface area (Å²) in [7, 11) is 0. The average Bonchev–Trinajstić information content (AvgIpc) is 3.35. The molecule has 1 saturated carbocycles. The first-order valence-corrected chi connectivity index (χ1v) is 10.7. The molecule has 2 fully saturated rings. The molecule has 0 spiro atoms. The smallest absolute Gasteiger partial charge is 0.302 e. The Labute approximate surface area is 164 Å². The van der Waals surface area contributed by atoms with Gasteiger partial charge in [0.1, 0.15) is 5.82 Å². The van der Waals surface area contributed by atoms with Gasteiger partial charge >= 0.3 is 11.1 Å². The molecule has 3 aliphatic rings. The largest absolute Gasteiger partial charge is 0.332 e. The van der Waals surface area contributed by atoms with E-state index in [1.807, 2.05) is 30.3 Å². The van der Waals surface area contributed by atoms with Crippen LogP contribution in [0.25, 0.3) is 0 Å². The second kappa shape index (κ2) is 7.32. The van der Waals surface area contributed by atoms with Crippen LogP contribution < -0.4 is 11.1 Å². The number of benzene rings is 1. The van der Waals surface area contributed by atoms with E-state index in [4.69, 9.17) is 5.10 Å².